The number of hydrogen-bond donors (Lipinski definition) is 0. The lowest BCUT2D eigenvalue weighted by molar-refractivity contribution is 0.235. The van der Waals surface area contributed by atoms with E-state index in [1.54, 1.807) is 11.1 Å². The fraction of sp³-hybridized carbons (Fsp3) is 0.429. The molecule has 0 aliphatic heterocycles. The number of rotatable bonds is 4. The third kappa shape index (κ3) is 1.81. The first-order chi connectivity index (χ1) is 10.2. The second-order valence-corrected chi connectivity index (χ2v) is 6.58. The Morgan fingerprint density at radius 3 is 1.48 bits per heavy atom. The Hall–Kier alpha value is -1.56. The van der Waals surface area contributed by atoms with Gasteiger partial charge in [-0.25, -0.2) is 0 Å². The minimum absolute atomic E-state index is 0.177. The maximum absolute atomic E-state index is 2.44. The van der Waals surface area contributed by atoms with Crippen molar-refractivity contribution in [3.63, 3.8) is 0 Å². The fourth-order valence-electron chi connectivity index (χ4n) is 4.49. The van der Waals surface area contributed by atoms with Crippen LogP contribution in [0.5, 0.6) is 0 Å². The molecule has 0 fully saturated rings. The lowest BCUT2D eigenvalue weighted by Gasteiger charge is -2.42. The average molecular weight is 278 g/mol. The van der Waals surface area contributed by atoms with Gasteiger partial charge >= 0.3 is 0 Å². The molecule has 0 heteroatoms. The summed E-state index contributed by atoms with van der Waals surface area (Å²) in [5.74, 6) is 1.30. The zero-order valence-corrected chi connectivity index (χ0v) is 13.7. The molecule has 0 saturated heterocycles. The van der Waals surface area contributed by atoms with E-state index in [-0.39, 0.29) is 5.41 Å². The Morgan fingerprint density at radius 1 is 0.714 bits per heavy atom. The Balaban J connectivity index is 2.38. The van der Waals surface area contributed by atoms with Crippen LogP contribution in [0.3, 0.4) is 0 Å². The molecule has 0 aromatic heterocycles. The summed E-state index contributed by atoms with van der Waals surface area (Å²) >= 11 is 0. The zero-order valence-electron chi connectivity index (χ0n) is 13.7. The van der Waals surface area contributed by atoms with Crippen molar-refractivity contribution in [2.75, 3.05) is 0 Å². The molecule has 2 unspecified atom stereocenters. The smallest absolute Gasteiger partial charge is 0.0266 e. The minimum Gasteiger partial charge on any atom is -0.0651 e. The van der Waals surface area contributed by atoms with Crippen LogP contribution in [0.15, 0.2) is 48.5 Å². The highest BCUT2D eigenvalue weighted by molar-refractivity contribution is 5.81. The Kier molecular flexibility index (Phi) is 3.65. The molecule has 2 aromatic rings. The molecule has 0 heterocycles. The van der Waals surface area contributed by atoms with Gasteiger partial charge in [0.2, 0.25) is 0 Å². The van der Waals surface area contributed by atoms with Crippen LogP contribution in [0, 0.1) is 11.8 Å². The predicted octanol–water partition coefficient (Wildman–Crippen LogP) is 6.05. The van der Waals surface area contributed by atoms with Crippen molar-refractivity contribution in [3.05, 3.63) is 59.7 Å². The van der Waals surface area contributed by atoms with Crippen LogP contribution in [-0.2, 0) is 5.41 Å². The van der Waals surface area contributed by atoms with Crippen LogP contribution in [0.2, 0.25) is 0 Å². The van der Waals surface area contributed by atoms with Gasteiger partial charge in [0.05, 0.1) is 0 Å². The highest BCUT2D eigenvalue weighted by Crippen LogP contribution is 2.57. The summed E-state index contributed by atoms with van der Waals surface area (Å²) in [7, 11) is 0. The quantitative estimate of drug-likeness (QED) is 0.639. The van der Waals surface area contributed by atoms with Crippen molar-refractivity contribution >= 4 is 0 Å². The van der Waals surface area contributed by atoms with E-state index < -0.39 is 0 Å². The summed E-state index contributed by atoms with van der Waals surface area (Å²) in [4.78, 5) is 0. The van der Waals surface area contributed by atoms with E-state index in [1.807, 2.05) is 0 Å². The third-order valence-corrected chi connectivity index (χ3v) is 5.82. The lowest BCUT2D eigenvalue weighted by atomic mass is 9.60. The van der Waals surface area contributed by atoms with Crippen LogP contribution in [0.25, 0.3) is 11.1 Å². The summed E-state index contributed by atoms with van der Waals surface area (Å²) < 4.78 is 0. The molecule has 1 aliphatic rings. The van der Waals surface area contributed by atoms with E-state index in [0.717, 1.165) is 0 Å². The summed E-state index contributed by atoms with van der Waals surface area (Å²) in [6.45, 7) is 9.53. The van der Waals surface area contributed by atoms with Gasteiger partial charge in [-0.1, -0.05) is 89.1 Å². The van der Waals surface area contributed by atoms with E-state index in [9.17, 15) is 0 Å². The van der Waals surface area contributed by atoms with Gasteiger partial charge in [0.25, 0.3) is 0 Å². The predicted molar refractivity (Wildman–Crippen MR) is 91.6 cm³/mol. The maximum atomic E-state index is 2.44. The Labute approximate surface area is 129 Å². The van der Waals surface area contributed by atoms with E-state index in [2.05, 4.69) is 76.2 Å². The summed E-state index contributed by atoms with van der Waals surface area (Å²) in [5, 5.41) is 0. The molecule has 21 heavy (non-hydrogen) atoms. The average Bonchev–Trinajstić information content (AvgIpc) is 2.85. The maximum Gasteiger partial charge on any atom is 0.0266 e. The Bertz CT molecular complexity index is 580. The number of hydrogen-bond acceptors (Lipinski definition) is 0. The molecule has 3 rings (SSSR count). The SMILES string of the molecule is CCC(C)C1(C(C)CC)c2ccccc2-c2ccccc21. The molecule has 0 spiro atoms. The molecule has 0 nitrogen and oxygen atoms in total. The van der Waals surface area contributed by atoms with E-state index in [0.29, 0.717) is 11.8 Å². The van der Waals surface area contributed by atoms with Crippen molar-refractivity contribution < 1.29 is 0 Å². The molecular formula is C21H26. The monoisotopic (exact) mass is 278 g/mol. The fourth-order valence-corrected chi connectivity index (χ4v) is 4.49. The highest BCUT2D eigenvalue weighted by atomic mass is 14.5. The molecule has 2 atom stereocenters. The Morgan fingerprint density at radius 2 is 1.10 bits per heavy atom. The van der Waals surface area contributed by atoms with E-state index in [4.69, 9.17) is 0 Å². The molecule has 110 valence electrons. The molecule has 0 N–H and O–H groups in total. The van der Waals surface area contributed by atoms with Gasteiger partial charge in [-0.3, -0.25) is 0 Å². The van der Waals surface area contributed by atoms with E-state index in [1.165, 1.54) is 24.0 Å². The highest BCUT2D eigenvalue weighted by Gasteiger charge is 2.48. The first-order valence-electron chi connectivity index (χ1n) is 8.37. The molecule has 0 radical (unpaired) electrons. The van der Waals surface area contributed by atoms with Crippen molar-refractivity contribution in [1.29, 1.82) is 0 Å². The van der Waals surface area contributed by atoms with Gasteiger partial charge in [-0.15, -0.1) is 0 Å². The first-order valence-corrected chi connectivity index (χ1v) is 8.37. The van der Waals surface area contributed by atoms with Crippen molar-refractivity contribution in [3.8, 4) is 11.1 Å². The molecule has 0 bridgehead atoms. The second kappa shape index (κ2) is 5.33. The number of fused-ring (bicyclic) bond motifs is 3. The molecular weight excluding hydrogens is 252 g/mol. The number of benzene rings is 2. The van der Waals surface area contributed by atoms with E-state index >= 15 is 0 Å². The molecule has 0 amide bonds. The largest absolute Gasteiger partial charge is 0.0651 e. The third-order valence-electron chi connectivity index (χ3n) is 5.82. The standard InChI is InChI=1S/C21H26/c1-5-15(3)21(16(4)6-2)19-13-9-7-11-17(19)18-12-8-10-14-20(18)21/h7-16H,5-6H2,1-4H3. The molecule has 1 aliphatic carbocycles. The van der Waals surface area contributed by atoms with Gasteiger partial charge < -0.3 is 0 Å². The van der Waals surface area contributed by atoms with Crippen molar-refractivity contribution in [2.24, 2.45) is 11.8 Å². The topological polar surface area (TPSA) is 0 Å². The molecule has 0 saturated carbocycles. The van der Waals surface area contributed by atoms with Crippen LogP contribution in [0.4, 0.5) is 0 Å². The summed E-state index contributed by atoms with van der Waals surface area (Å²) in [6.07, 6.45) is 2.43. The van der Waals surface area contributed by atoms with Gasteiger partial charge in [-0.2, -0.15) is 0 Å². The van der Waals surface area contributed by atoms with Crippen molar-refractivity contribution in [1.82, 2.24) is 0 Å². The molecule has 2 aromatic carbocycles. The van der Waals surface area contributed by atoms with Crippen LogP contribution < -0.4 is 0 Å². The normalized spacial score (nSPS) is 17.9. The van der Waals surface area contributed by atoms with Crippen LogP contribution >= 0.6 is 0 Å². The minimum atomic E-state index is 0.177. The van der Waals surface area contributed by atoms with Gasteiger partial charge in [0.15, 0.2) is 0 Å². The zero-order chi connectivity index (χ0) is 15.0. The summed E-state index contributed by atoms with van der Waals surface area (Å²) in [6, 6.07) is 18.1. The van der Waals surface area contributed by atoms with Gasteiger partial charge in [-0.05, 0) is 34.1 Å². The second-order valence-electron chi connectivity index (χ2n) is 6.58. The van der Waals surface area contributed by atoms with Crippen molar-refractivity contribution in [2.45, 2.75) is 46.0 Å². The first kappa shape index (κ1) is 14.4. The van der Waals surface area contributed by atoms with Crippen LogP contribution in [-0.4, -0.2) is 0 Å². The van der Waals surface area contributed by atoms with Gasteiger partial charge in [0, 0.05) is 5.41 Å². The van der Waals surface area contributed by atoms with Gasteiger partial charge in [0.1, 0.15) is 0 Å². The lowest BCUT2D eigenvalue weighted by Crippen LogP contribution is -2.39. The van der Waals surface area contributed by atoms with Crippen LogP contribution in [0.1, 0.15) is 51.7 Å². The summed E-state index contributed by atoms with van der Waals surface area (Å²) in [5.41, 5.74) is 6.18.